The fourth-order valence-corrected chi connectivity index (χ4v) is 2.51. The predicted octanol–water partition coefficient (Wildman–Crippen LogP) is 2.95. The molecule has 1 N–H and O–H groups in total. The van der Waals surface area contributed by atoms with E-state index in [-0.39, 0.29) is 11.6 Å². The smallest absolute Gasteiger partial charge is 0.269 e. The van der Waals surface area contributed by atoms with Crippen LogP contribution in [0.5, 0.6) is 0 Å². The lowest BCUT2D eigenvalue weighted by Crippen LogP contribution is -2.42. The fraction of sp³-hybridized carbons (Fsp3) is 0.0667. The number of amides is 1. The van der Waals surface area contributed by atoms with Crippen LogP contribution in [-0.2, 0) is 6.54 Å². The molecule has 2 aromatic carbocycles. The molecule has 110 valence electrons. The number of hydrogen-bond acceptors (Lipinski definition) is 4. The van der Waals surface area contributed by atoms with Crippen molar-refractivity contribution in [3.8, 4) is 0 Å². The molecule has 0 saturated heterocycles. The van der Waals surface area contributed by atoms with E-state index in [4.69, 9.17) is 12.2 Å². The third-order valence-corrected chi connectivity index (χ3v) is 3.73. The molecule has 6 nitrogen and oxygen atoms in total. The summed E-state index contributed by atoms with van der Waals surface area (Å²) in [4.78, 5) is 24.1. The molecule has 0 aliphatic carbocycles. The number of nitro groups is 1. The first-order valence-corrected chi connectivity index (χ1v) is 6.92. The van der Waals surface area contributed by atoms with E-state index in [1.54, 1.807) is 0 Å². The zero-order valence-electron chi connectivity index (χ0n) is 11.4. The van der Waals surface area contributed by atoms with Gasteiger partial charge in [-0.15, -0.1) is 0 Å². The molecule has 0 aromatic heterocycles. The highest BCUT2D eigenvalue weighted by molar-refractivity contribution is 7.80. The van der Waals surface area contributed by atoms with Gasteiger partial charge in [-0.3, -0.25) is 19.8 Å². The number of nitrogens with zero attached hydrogens (tertiary/aromatic N) is 2. The molecule has 2 aromatic rings. The molecule has 0 unspecified atom stereocenters. The van der Waals surface area contributed by atoms with Gasteiger partial charge in [-0.1, -0.05) is 18.2 Å². The van der Waals surface area contributed by atoms with E-state index in [9.17, 15) is 14.9 Å². The summed E-state index contributed by atoms with van der Waals surface area (Å²) >= 11 is 5.23. The van der Waals surface area contributed by atoms with Crippen LogP contribution >= 0.6 is 12.2 Å². The summed E-state index contributed by atoms with van der Waals surface area (Å²) < 4.78 is 0. The monoisotopic (exact) mass is 313 g/mol. The van der Waals surface area contributed by atoms with Gasteiger partial charge in [0.25, 0.3) is 11.6 Å². The maximum Gasteiger partial charge on any atom is 0.269 e. The summed E-state index contributed by atoms with van der Waals surface area (Å²) in [6.45, 7) is 0.373. The standard InChI is InChI=1S/C15H11N3O3S/c19-14(10-5-7-12(8-6-10)18(20)21)17-9-11-3-1-2-4-13(11)16-15(17)22/h1-8H,9H2,(H,16,22). The van der Waals surface area contributed by atoms with Gasteiger partial charge in [0.05, 0.1) is 11.5 Å². The maximum absolute atomic E-state index is 12.5. The maximum atomic E-state index is 12.5. The zero-order chi connectivity index (χ0) is 15.7. The molecule has 7 heteroatoms. The van der Waals surface area contributed by atoms with Gasteiger partial charge >= 0.3 is 0 Å². The van der Waals surface area contributed by atoms with Crippen LogP contribution in [0.15, 0.2) is 48.5 Å². The second kappa shape index (κ2) is 5.53. The van der Waals surface area contributed by atoms with Gasteiger partial charge < -0.3 is 5.32 Å². The zero-order valence-corrected chi connectivity index (χ0v) is 12.2. The molecule has 1 aliphatic heterocycles. The normalized spacial score (nSPS) is 13.3. The van der Waals surface area contributed by atoms with E-state index in [0.29, 0.717) is 17.2 Å². The van der Waals surface area contributed by atoms with Crippen LogP contribution in [0.1, 0.15) is 15.9 Å². The molecule has 0 radical (unpaired) electrons. The van der Waals surface area contributed by atoms with E-state index in [0.717, 1.165) is 11.3 Å². The Kier molecular flexibility index (Phi) is 3.56. The second-order valence-electron chi connectivity index (χ2n) is 4.78. The number of nitrogens with one attached hydrogen (secondary N) is 1. The lowest BCUT2D eigenvalue weighted by atomic mass is 10.1. The third-order valence-electron chi connectivity index (χ3n) is 3.40. The lowest BCUT2D eigenvalue weighted by Gasteiger charge is -2.30. The molecular formula is C15H11N3O3S. The van der Waals surface area contributed by atoms with E-state index < -0.39 is 4.92 Å². The van der Waals surface area contributed by atoms with Crippen molar-refractivity contribution in [1.82, 2.24) is 4.90 Å². The number of para-hydroxylation sites is 1. The number of carbonyl (C=O) groups is 1. The van der Waals surface area contributed by atoms with Crippen LogP contribution in [0.25, 0.3) is 0 Å². The van der Waals surface area contributed by atoms with Crippen molar-refractivity contribution >= 4 is 34.6 Å². The number of anilines is 1. The largest absolute Gasteiger partial charge is 0.332 e. The van der Waals surface area contributed by atoms with E-state index in [2.05, 4.69) is 5.32 Å². The van der Waals surface area contributed by atoms with Crippen molar-refractivity contribution in [2.45, 2.75) is 6.54 Å². The first-order chi connectivity index (χ1) is 10.6. The predicted molar refractivity (Wildman–Crippen MR) is 85.6 cm³/mol. The van der Waals surface area contributed by atoms with E-state index in [1.807, 2.05) is 24.3 Å². The molecule has 0 spiro atoms. The number of nitro benzene ring substituents is 1. The van der Waals surface area contributed by atoms with Gasteiger partial charge in [0, 0.05) is 23.4 Å². The topological polar surface area (TPSA) is 75.5 Å². The highest BCUT2D eigenvalue weighted by Gasteiger charge is 2.26. The van der Waals surface area contributed by atoms with Gasteiger partial charge in [-0.05, 0) is 36.0 Å². The average molecular weight is 313 g/mol. The summed E-state index contributed by atoms with van der Waals surface area (Å²) in [6.07, 6.45) is 0. The average Bonchev–Trinajstić information content (AvgIpc) is 2.53. The second-order valence-corrected chi connectivity index (χ2v) is 5.17. The molecular weight excluding hydrogens is 302 g/mol. The van der Waals surface area contributed by atoms with Gasteiger partial charge in [0.2, 0.25) is 0 Å². The Morgan fingerprint density at radius 2 is 1.86 bits per heavy atom. The summed E-state index contributed by atoms with van der Waals surface area (Å²) in [5, 5.41) is 14.0. The Balaban J connectivity index is 1.86. The minimum Gasteiger partial charge on any atom is -0.332 e. The molecule has 0 fully saturated rings. The molecule has 1 aliphatic rings. The summed E-state index contributed by atoms with van der Waals surface area (Å²) in [6, 6.07) is 13.1. The Morgan fingerprint density at radius 1 is 1.18 bits per heavy atom. The number of benzene rings is 2. The van der Waals surface area contributed by atoms with Crippen LogP contribution in [0.3, 0.4) is 0 Å². The molecule has 1 amide bonds. The van der Waals surface area contributed by atoms with Crippen LogP contribution in [0.4, 0.5) is 11.4 Å². The van der Waals surface area contributed by atoms with Gasteiger partial charge in [-0.2, -0.15) is 0 Å². The Labute approximate surface area is 131 Å². The highest BCUT2D eigenvalue weighted by atomic mass is 32.1. The van der Waals surface area contributed by atoms with Crippen molar-refractivity contribution in [3.63, 3.8) is 0 Å². The Bertz CT molecular complexity index is 774. The molecule has 3 rings (SSSR count). The molecule has 0 atom stereocenters. The van der Waals surface area contributed by atoms with Crippen molar-refractivity contribution in [1.29, 1.82) is 0 Å². The highest BCUT2D eigenvalue weighted by Crippen LogP contribution is 2.24. The van der Waals surface area contributed by atoms with Crippen LogP contribution in [0.2, 0.25) is 0 Å². The van der Waals surface area contributed by atoms with Gasteiger partial charge in [-0.25, -0.2) is 0 Å². The van der Waals surface area contributed by atoms with Crippen molar-refractivity contribution in [2.75, 3.05) is 5.32 Å². The fourth-order valence-electron chi connectivity index (χ4n) is 2.25. The van der Waals surface area contributed by atoms with Gasteiger partial charge in [0.1, 0.15) is 0 Å². The third kappa shape index (κ3) is 2.53. The lowest BCUT2D eigenvalue weighted by molar-refractivity contribution is -0.384. The minimum absolute atomic E-state index is 0.0544. The summed E-state index contributed by atoms with van der Waals surface area (Å²) in [5.41, 5.74) is 2.15. The molecule has 1 heterocycles. The van der Waals surface area contributed by atoms with Crippen molar-refractivity contribution in [3.05, 3.63) is 69.8 Å². The van der Waals surface area contributed by atoms with Gasteiger partial charge in [0.15, 0.2) is 5.11 Å². The number of fused-ring (bicyclic) bond motifs is 1. The number of hydrogen-bond donors (Lipinski definition) is 1. The Hall–Kier alpha value is -2.80. The Morgan fingerprint density at radius 3 is 2.55 bits per heavy atom. The van der Waals surface area contributed by atoms with Crippen LogP contribution in [-0.4, -0.2) is 20.8 Å². The summed E-state index contributed by atoms with van der Waals surface area (Å²) in [7, 11) is 0. The van der Waals surface area contributed by atoms with Crippen molar-refractivity contribution < 1.29 is 9.72 Å². The van der Waals surface area contributed by atoms with Crippen molar-refractivity contribution in [2.24, 2.45) is 0 Å². The van der Waals surface area contributed by atoms with E-state index in [1.165, 1.54) is 29.2 Å². The quantitative estimate of drug-likeness (QED) is 0.524. The molecule has 0 saturated carbocycles. The van der Waals surface area contributed by atoms with Crippen LogP contribution in [0, 0.1) is 10.1 Å². The van der Waals surface area contributed by atoms with E-state index >= 15 is 0 Å². The van der Waals surface area contributed by atoms with Crippen LogP contribution < -0.4 is 5.32 Å². The first-order valence-electron chi connectivity index (χ1n) is 6.51. The summed E-state index contributed by atoms with van der Waals surface area (Å²) in [5.74, 6) is -0.290. The number of carbonyl (C=O) groups excluding carboxylic acids is 1. The number of non-ortho nitro benzene ring substituents is 1. The number of rotatable bonds is 2. The number of thiocarbonyl (C=S) groups is 1. The minimum atomic E-state index is -0.502. The molecule has 0 bridgehead atoms. The SMILES string of the molecule is O=C(c1ccc([N+](=O)[O-])cc1)N1Cc2ccccc2NC1=S. The molecule has 22 heavy (non-hydrogen) atoms. The first kappa shape index (κ1) is 14.2.